The molecule has 152 valence electrons. The van der Waals surface area contributed by atoms with Gasteiger partial charge in [0.25, 0.3) is 5.56 Å². The van der Waals surface area contributed by atoms with E-state index in [2.05, 4.69) is 10.3 Å². The average Bonchev–Trinajstić information content (AvgIpc) is 2.79. The summed E-state index contributed by atoms with van der Waals surface area (Å²) < 4.78 is 1.42. The van der Waals surface area contributed by atoms with Gasteiger partial charge in [-0.25, -0.2) is 4.98 Å². The summed E-state index contributed by atoms with van der Waals surface area (Å²) >= 11 is 7.47. The van der Waals surface area contributed by atoms with Gasteiger partial charge in [-0.05, 0) is 36.4 Å². The number of carbonyl (C=O) groups excluding carboxylic acids is 1. The molecule has 3 aromatic carbocycles. The number of para-hydroxylation sites is 3. The first-order chi connectivity index (χ1) is 15.1. The molecule has 1 aromatic heterocycles. The molecule has 0 saturated heterocycles. The van der Waals surface area contributed by atoms with Gasteiger partial charge in [0.05, 0.1) is 38.6 Å². The second-order valence-electron chi connectivity index (χ2n) is 6.50. The van der Waals surface area contributed by atoms with E-state index >= 15 is 0 Å². The van der Waals surface area contributed by atoms with Crippen LogP contribution in [0.4, 0.5) is 5.69 Å². The molecule has 0 bridgehead atoms. The number of benzene rings is 3. The largest absolute Gasteiger partial charge is 0.324 e. The fourth-order valence-corrected chi connectivity index (χ4v) is 4.09. The molecule has 4 rings (SSSR count). The highest BCUT2D eigenvalue weighted by Gasteiger charge is 2.17. The molecule has 1 N–H and O–H groups in total. The maximum Gasteiger partial charge on any atom is 0.266 e. The molecule has 1 amide bonds. The molecule has 1 heterocycles. The predicted molar refractivity (Wildman–Crippen MR) is 123 cm³/mol. The Morgan fingerprint density at radius 2 is 1.77 bits per heavy atom. The Balaban J connectivity index is 1.69. The van der Waals surface area contributed by atoms with Gasteiger partial charge < -0.3 is 5.32 Å². The number of carbonyl (C=O) groups is 1. The minimum atomic E-state index is -0.319. The number of anilines is 1. The van der Waals surface area contributed by atoms with Crippen LogP contribution in [0.5, 0.6) is 0 Å². The second kappa shape index (κ2) is 9.04. The van der Waals surface area contributed by atoms with Gasteiger partial charge in [0.15, 0.2) is 5.16 Å². The van der Waals surface area contributed by atoms with Crippen molar-refractivity contribution in [2.75, 3.05) is 11.1 Å². The summed E-state index contributed by atoms with van der Waals surface area (Å²) in [5.41, 5.74) is 1.57. The summed E-state index contributed by atoms with van der Waals surface area (Å²) in [6.45, 7) is 0. The molecule has 0 unspecified atom stereocenters. The third-order valence-electron chi connectivity index (χ3n) is 4.49. The highest BCUT2D eigenvalue weighted by molar-refractivity contribution is 7.99. The normalized spacial score (nSPS) is 10.6. The van der Waals surface area contributed by atoms with Crippen molar-refractivity contribution in [3.63, 3.8) is 0 Å². The van der Waals surface area contributed by atoms with E-state index in [1.54, 1.807) is 72.8 Å². The molecule has 0 saturated carbocycles. The number of amides is 1. The third kappa shape index (κ3) is 4.31. The van der Waals surface area contributed by atoms with Crippen molar-refractivity contribution in [2.24, 2.45) is 0 Å². The fraction of sp³-hybridized carbons (Fsp3) is 0.0435. The molecule has 0 spiro atoms. The van der Waals surface area contributed by atoms with Gasteiger partial charge in [0, 0.05) is 0 Å². The van der Waals surface area contributed by atoms with E-state index in [0.717, 1.165) is 11.8 Å². The highest BCUT2D eigenvalue weighted by Crippen LogP contribution is 2.26. The second-order valence-corrected chi connectivity index (χ2v) is 7.85. The summed E-state index contributed by atoms with van der Waals surface area (Å²) in [4.78, 5) is 30.4. The van der Waals surface area contributed by atoms with E-state index < -0.39 is 0 Å². The molecule has 0 radical (unpaired) electrons. The summed E-state index contributed by atoms with van der Waals surface area (Å²) in [6, 6.07) is 22.8. The Kier molecular flexibility index (Phi) is 6.03. The smallest absolute Gasteiger partial charge is 0.266 e. The predicted octanol–water partition coefficient (Wildman–Crippen LogP) is 4.64. The van der Waals surface area contributed by atoms with Gasteiger partial charge in [-0.1, -0.05) is 59.8 Å². The van der Waals surface area contributed by atoms with E-state index in [-0.39, 0.29) is 17.2 Å². The molecule has 6 nitrogen and oxygen atoms in total. The number of halogens is 1. The molecule has 4 aromatic rings. The van der Waals surface area contributed by atoms with Crippen molar-refractivity contribution in [2.45, 2.75) is 5.16 Å². The zero-order valence-corrected chi connectivity index (χ0v) is 17.7. The number of nitrogens with one attached hydrogen (secondary N) is 1. The fourth-order valence-electron chi connectivity index (χ4n) is 3.06. The number of fused-ring (bicyclic) bond motifs is 1. The van der Waals surface area contributed by atoms with Crippen LogP contribution < -0.4 is 10.9 Å². The quantitative estimate of drug-likeness (QED) is 0.356. The lowest BCUT2D eigenvalue weighted by molar-refractivity contribution is -0.113. The van der Waals surface area contributed by atoms with Crippen LogP contribution in [-0.2, 0) is 4.79 Å². The van der Waals surface area contributed by atoms with E-state index in [1.807, 2.05) is 6.07 Å². The molecule has 0 aliphatic heterocycles. The third-order valence-corrected chi connectivity index (χ3v) is 5.75. The van der Waals surface area contributed by atoms with E-state index in [0.29, 0.717) is 38.0 Å². The van der Waals surface area contributed by atoms with Gasteiger partial charge in [-0.2, -0.15) is 5.26 Å². The minimum Gasteiger partial charge on any atom is -0.324 e. The zero-order valence-electron chi connectivity index (χ0n) is 16.1. The van der Waals surface area contributed by atoms with Crippen molar-refractivity contribution in [3.05, 3.63) is 93.7 Å². The van der Waals surface area contributed by atoms with Crippen molar-refractivity contribution < 1.29 is 4.79 Å². The first kappa shape index (κ1) is 20.7. The first-order valence-electron chi connectivity index (χ1n) is 9.27. The standard InChI is InChI=1S/C23H15ClN4O2S/c24-17-9-3-6-12-20(17)28-22(30)16-8-2-5-11-19(16)27-23(28)31-14-21(29)26-18-10-4-1-7-15(18)13-25/h1-12H,14H2,(H,26,29). The number of nitriles is 1. The maximum atomic E-state index is 13.2. The Morgan fingerprint density at radius 3 is 2.58 bits per heavy atom. The van der Waals surface area contributed by atoms with Gasteiger partial charge >= 0.3 is 0 Å². The molecule has 0 atom stereocenters. The molecular formula is C23H15ClN4O2S. The van der Waals surface area contributed by atoms with Gasteiger partial charge in [-0.3, -0.25) is 14.2 Å². The van der Waals surface area contributed by atoms with Gasteiger partial charge in [-0.15, -0.1) is 0 Å². The summed E-state index contributed by atoms with van der Waals surface area (Å²) in [6.07, 6.45) is 0. The number of rotatable bonds is 5. The number of hydrogen-bond acceptors (Lipinski definition) is 5. The Bertz CT molecular complexity index is 1390. The van der Waals surface area contributed by atoms with Crippen LogP contribution in [0.15, 0.2) is 82.7 Å². The van der Waals surface area contributed by atoms with Gasteiger partial charge in [0.2, 0.25) is 5.91 Å². The topological polar surface area (TPSA) is 87.8 Å². The van der Waals surface area contributed by atoms with Gasteiger partial charge in [0.1, 0.15) is 6.07 Å². The van der Waals surface area contributed by atoms with E-state index in [9.17, 15) is 14.9 Å². The van der Waals surface area contributed by atoms with E-state index in [4.69, 9.17) is 11.6 Å². The average molecular weight is 447 g/mol. The number of thioether (sulfide) groups is 1. The summed E-state index contributed by atoms with van der Waals surface area (Å²) in [5.74, 6) is -0.324. The van der Waals surface area contributed by atoms with Crippen LogP contribution >= 0.6 is 23.4 Å². The van der Waals surface area contributed by atoms with Crippen molar-refractivity contribution in [1.82, 2.24) is 9.55 Å². The lowest BCUT2D eigenvalue weighted by Crippen LogP contribution is -2.23. The Morgan fingerprint density at radius 1 is 1.06 bits per heavy atom. The van der Waals surface area contributed by atoms with Crippen LogP contribution in [0.25, 0.3) is 16.6 Å². The molecular weight excluding hydrogens is 432 g/mol. The minimum absolute atomic E-state index is 0.00496. The van der Waals surface area contributed by atoms with Crippen LogP contribution in [0, 0.1) is 11.3 Å². The molecule has 0 aliphatic carbocycles. The molecule has 0 fully saturated rings. The van der Waals surface area contributed by atoms with Crippen LogP contribution in [-0.4, -0.2) is 21.2 Å². The lowest BCUT2D eigenvalue weighted by atomic mass is 10.2. The summed E-state index contributed by atoms with van der Waals surface area (Å²) in [7, 11) is 0. The maximum absolute atomic E-state index is 13.2. The number of hydrogen-bond donors (Lipinski definition) is 1. The zero-order chi connectivity index (χ0) is 21.8. The number of nitrogens with zero attached hydrogens (tertiary/aromatic N) is 3. The monoisotopic (exact) mass is 446 g/mol. The van der Waals surface area contributed by atoms with Crippen molar-refractivity contribution in [1.29, 1.82) is 5.26 Å². The lowest BCUT2D eigenvalue weighted by Gasteiger charge is -2.14. The Labute approximate surface area is 187 Å². The molecule has 0 aliphatic rings. The summed E-state index contributed by atoms with van der Waals surface area (Å²) in [5, 5.41) is 13.1. The van der Waals surface area contributed by atoms with Crippen LogP contribution in [0.1, 0.15) is 5.56 Å². The Hall–Kier alpha value is -3.60. The SMILES string of the molecule is N#Cc1ccccc1NC(=O)CSc1nc2ccccc2c(=O)n1-c1ccccc1Cl. The number of aromatic nitrogens is 2. The first-order valence-corrected chi connectivity index (χ1v) is 10.6. The molecule has 8 heteroatoms. The highest BCUT2D eigenvalue weighted by atomic mass is 35.5. The van der Waals surface area contributed by atoms with Crippen molar-refractivity contribution >= 4 is 45.9 Å². The molecule has 31 heavy (non-hydrogen) atoms. The van der Waals surface area contributed by atoms with Crippen molar-refractivity contribution in [3.8, 4) is 11.8 Å². The van der Waals surface area contributed by atoms with Crippen LogP contribution in [0.3, 0.4) is 0 Å². The van der Waals surface area contributed by atoms with E-state index in [1.165, 1.54) is 4.57 Å². The van der Waals surface area contributed by atoms with Crippen LogP contribution in [0.2, 0.25) is 5.02 Å².